The smallest absolute Gasteiger partial charge is 0.234 e. The molecule has 1 N–H and O–H groups in total. The average Bonchev–Trinajstić information content (AvgIpc) is 3.16. The van der Waals surface area contributed by atoms with Gasteiger partial charge in [-0.05, 0) is 72.5 Å². The minimum Gasteiger partial charge on any atom is -0.325 e. The Kier molecular flexibility index (Phi) is 6.30. The van der Waals surface area contributed by atoms with E-state index in [0.717, 1.165) is 32.9 Å². The molecular formula is C24H23ClN4OS. The number of rotatable bonds is 6. The molecule has 1 amide bonds. The minimum absolute atomic E-state index is 0.0703. The second-order valence-corrected chi connectivity index (χ2v) is 9.17. The van der Waals surface area contributed by atoms with Gasteiger partial charge in [0, 0.05) is 15.6 Å². The quantitative estimate of drug-likeness (QED) is 0.353. The normalized spacial score (nSPS) is 11.3. The lowest BCUT2D eigenvalue weighted by atomic mass is 10.0. The van der Waals surface area contributed by atoms with Crippen LogP contribution in [-0.2, 0) is 4.79 Å². The van der Waals surface area contributed by atoms with E-state index in [1.807, 2.05) is 55.5 Å². The lowest BCUT2D eigenvalue weighted by Crippen LogP contribution is -2.14. The first kappa shape index (κ1) is 21.4. The number of aryl methyl sites for hydroxylation is 1. The first-order valence-electron chi connectivity index (χ1n) is 10.1. The molecule has 0 fully saturated rings. The van der Waals surface area contributed by atoms with Crippen LogP contribution in [-0.4, -0.2) is 26.7 Å². The summed E-state index contributed by atoms with van der Waals surface area (Å²) in [6, 6.07) is 19.5. The van der Waals surface area contributed by atoms with E-state index in [9.17, 15) is 4.79 Å². The van der Waals surface area contributed by atoms with Crippen LogP contribution in [0.1, 0.15) is 30.9 Å². The predicted molar refractivity (Wildman–Crippen MR) is 128 cm³/mol. The van der Waals surface area contributed by atoms with Crippen LogP contribution < -0.4 is 5.32 Å². The lowest BCUT2D eigenvalue weighted by molar-refractivity contribution is -0.113. The summed E-state index contributed by atoms with van der Waals surface area (Å²) < 4.78 is 0. The summed E-state index contributed by atoms with van der Waals surface area (Å²) in [6.45, 7) is 6.29. The van der Waals surface area contributed by atoms with Crippen LogP contribution in [0.2, 0.25) is 5.02 Å². The summed E-state index contributed by atoms with van der Waals surface area (Å²) in [5.74, 6) is 0.720. The molecular weight excluding hydrogens is 428 g/mol. The zero-order valence-corrected chi connectivity index (χ0v) is 19.2. The number of amides is 1. The molecule has 0 saturated carbocycles. The molecule has 0 unspecified atom stereocenters. The molecule has 0 aliphatic heterocycles. The molecule has 1 aromatic heterocycles. The van der Waals surface area contributed by atoms with E-state index < -0.39 is 0 Å². The maximum atomic E-state index is 12.5. The molecule has 0 atom stereocenters. The van der Waals surface area contributed by atoms with Crippen molar-refractivity contribution < 1.29 is 4.79 Å². The molecule has 0 aliphatic rings. The lowest BCUT2D eigenvalue weighted by Gasteiger charge is -2.08. The summed E-state index contributed by atoms with van der Waals surface area (Å²) in [6.07, 6.45) is 0. The first-order valence-corrected chi connectivity index (χ1v) is 11.4. The molecule has 4 aromatic rings. The standard InChI is InChI=1S/C24H23ClN4OS/c1-15(2)17-4-8-19(9-5-17)29-27-22-12-16(3)21(13-23(22)28-29)26-24(30)14-31-20-10-6-18(25)7-11-20/h4-13,15H,14H2,1-3H3,(H,26,30). The molecule has 0 saturated heterocycles. The highest BCUT2D eigenvalue weighted by molar-refractivity contribution is 8.00. The predicted octanol–water partition coefficient (Wildman–Crippen LogP) is 6.24. The average molecular weight is 451 g/mol. The molecule has 0 aliphatic carbocycles. The number of fused-ring (bicyclic) bond motifs is 1. The monoisotopic (exact) mass is 450 g/mol. The van der Waals surface area contributed by atoms with Gasteiger partial charge in [-0.15, -0.1) is 22.0 Å². The highest BCUT2D eigenvalue weighted by Crippen LogP contribution is 2.24. The Bertz CT molecular complexity index is 1220. The van der Waals surface area contributed by atoms with Crippen LogP contribution in [0.3, 0.4) is 0 Å². The Hall–Kier alpha value is -2.83. The highest BCUT2D eigenvalue weighted by Gasteiger charge is 2.11. The number of carbonyl (C=O) groups is 1. The van der Waals surface area contributed by atoms with Gasteiger partial charge in [-0.3, -0.25) is 4.79 Å². The third-order valence-corrected chi connectivity index (χ3v) is 6.24. The van der Waals surface area contributed by atoms with E-state index in [4.69, 9.17) is 11.6 Å². The Morgan fingerprint density at radius 1 is 1.03 bits per heavy atom. The summed E-state index contributed by atoms with van der Waals surface area (Å²) in [5, 5.41) is 12.9. The second-order valence-electron chi connectivity index (χ2n) is 7.68. The molecule has 158 valence electrons. The van der Waals surface area contributed by atoms with Crippen molar-refractivity contribution in [2.24, 2.45) is 0 Å². The Labute approximate surface area is 190 Å². The third-order valence-electron chi connectivity index (χ3n) is 4.97. The molecule has 0 spiro atoms. The number of hydrogen-bond acceptors (Lipinski definition) is 4. The van der Waals surface area contributed by atoms with Crippen LogP contribution in [0, 0.1) is 6.92 Å². The Morgan fingerprint density at radius 2 is 1.68 bits per heavy atom. The van der Waals surface area contributed by atoms with Crippen molar-refractivity contribution in [2.75, 3.05) is 11.1 Å². The molecule has 1 heterocycles. The van der Waals surface area contributed by atoms with E-state index >= 15 is 0 Å². The second kappa shape index (κ2) is 9.12. The summed E-state index contributed by atoms with van der Waals surface area (Å²) in [7, 11) is 0. The van der Waals surface area contributed by atoms with Gasteiger partial charge in [-0.2, -0.15) is 4.80 Å². The van der Waals surface area contributed by atoms with Crippen molar-refractivity contribution in [1.29, 1.82) is 0 Å². The number of hydrogen-bond donors (Lipinski definition) is 1. The van der Waals surface area contributed by atoms with Crippen LogP contribution in [0.5, 0.6) is 0 Å². The summed E-state index contributed by atoms with van der Waals surface area (Å²) in [5.41, 5.74) is 5.40. The molecule has 0 radical (unpaired) electrons. The van der Waals surface area contributed by atoms with E-state index in [1.54, 1.807) is 4.80 Å². The topological polar surface area (TPSA) is 59.8 Å². The van der Waals surface area contributed by atoms with Crippen LogP contribution in [0.25, 0.3) is 16.7 Å². The van der Waals surface area contributed by atoms with Crippen LogP contribution in [0.4, 0.5) is 5.69 Å². The number of anilines is 1. The van der Waals surface area contributed by atoms with Gasteiger partial charge in [0.25, 0.3) is 0 Å². The largest absolute Gasteiger partial charge is 0.325 e. The molecule has 3 aromatic carbocycles. The van der Waals surface area contributed by atoms with Gasteiger partial charge < -0.3 is 5.32 Å². The zero-order valence-electron chi connectivity index (χ0n) is 17.6. The van der Waals surface area contributed by atoms with E-state index in [1.165, 1.54) is 17.3 Å². The number of halogens is 1. The number of nitrogens with zero attached hydrogens (tertiary/aromatic N) is 3. The van der Waals surface area contributed by atoms with Crippen molar-refractivity contribution >= 4 is 46.0 Å². The van der Waals surface area contributed by atoms with Gasteiger partial charge in [0.2, 0.25) is 5.91 Å². The number of aromatic nitrogens is 3. The van der Waals surface area contributed by atoms with Crippen molar-refractivity contribution in [3.63, 3.8) is 0 Å². The van der Waals surface area contributed by atoms with Gasteiger partial charge in [0.1, 0.15) is 11.0 Å². The van der Waals surface area contributed by atoms with Crippen molar-refractivity contribution in [1.82, 2.24) is 15.0 Å². The maximum Gasteiger partial charge on any atom is 0.234 e. The fourth-order valence-electron chi connectivity index (χ4n) is 3.18. The summed E-state index contributed by atoms with van der Waals surface area (Å²) >= 11 is 7.37. The van der Waals surface area contributed by atoms with E-state index in [0.29, 0.717) is 16.7 Å². The van der Waals surface area contributed by atoms with Gasteiger partial charge in [-0.1, -0.05) is 37.6 Å². The van der Waals surface area contributed by atoms with Crippen molar-refractivity contribution in [3.05, 3.63) is 76.8 Å². The van der Waals surface area contributed by atoms with Crippen LogP contribution in [0.15, 0.2) is 65.6 Å². The third kappa shape index (κ3) is 5.09. The SMILES string of the molecule is Cc1cc2nn(-c3ccc(C(C)C)cc3)nc2cc1NC(=O)CSc1ccc(Cl)cc1. The molecule has 0 bridgehead atoms. The zero-order chi connectivity index (χ0) is 22.0. The summed E-state index contributed by atoms with van der Waals surface area (Å²) in [4.78, 5) is 15.1. The van der Waals surface area contributed by atoms with Crippen molar-refractivity contribution in [3.8, 4) is 5.69 Å². The molecule has 4 rings (SSSR count). The van der Waals surface area contributed by atoms with Crippen molar-refractivity contribution in [2.45, 2.75) is 31.6 Å². The number of nitrogens with one attached hydrogen (secondary N) is 1. The molecule has 7 heteroatoms. The van der Waals surface area contributed by atoms with E-state index in [-0.39, 0.29) is 5.91 Å². The molecule has 5 nitrogen and oxygen atoms in total. The van der Waals surface area contributed by atoms with Gasteiger partial charge in [0.15, 0.2) is 0 Å². The molecule has 31 heavy (non-hydrogen) atoms. The fraction of sp³-hybridized carbons (Fsp3) is 0.208. The Morgan fingerprint density at radius 3 is 2.32 bits per heavy atom. The Balaban J connectivity index is 1.49. The number of thioether (sulfide) groups is 1. The maximum absolute atomic E-state index is 12.5. The minimum atomic E-state index is -0.0703. The van der Waals surface area contributed by atoms with Gasteiger partial charge in [0.05, 0.1) is 11.4 Å². The fourth-order valence-corrected chi connectivity index (χ4v) is 4.00. The van der Waals surface area contributed by atoms with Gasteiger partial charge in [-0.25, -0.2) is 0 Å². The number of benzene rings is 3. The van der Waals surface area contributed by atoms with E-state index in [2.05, 4.69) is 41.5 Å². The first-order chi connectivity index (χ1) is 14.9. The highest BCUT2D eigenvalue weighted by atomic mass is 35.5. The number of carbonyl (C=O) groups excluding carboxylic acids is 1. The van der Waals surface area contributed by atoms with Crippen LogP contribution >= 0.6 is 23.4 Å². The van der Waals surface area contributed by atoms with Gasteiger partial charge >= 0.3 is 0 Å².